The Morgan fingerprint density at radius 3 is 2.79 bits per heavy atom. The number of rotatable bonds is 9. The van der Waals surface area contributed by atoms with Crippen molar-refractivity contribution in [2.24, 2.45) is 0 Å². The van der Waals surface area contributed by atoms with E-state index < -0.39 is 4.92 Å². The van der Waals surface area contributed by atoms with Gasteiger partial charge in [0.1, 0.15) is 12.1 Å². The number of anilines is 1. The number of nitrogens with one attached hydrogen (secondary N) is 1. The number of hydrogen-bond acceptors (Lipinski definition) is 7. The maximum atomic E-state index is 11.2. The van der Waals surface area contributed by atoms with E-state index in [1.807, 2.05) is 28.8 Å². The van der Waals surface area contributed by atoms with Crippen molar-refractivity contribution in [2.75, 3.05) is 17.7 Å². The van der Waals surface area contributed by atoms with Crippen LogP contribution in [0.15, 0.2) is 60.0 Å². The van der Waals surface area contributed by atoms with Crippen molar-refractivity contribution in [3.05, 3.63) is 65.0 Å². The van der Waals surface area contributed by atoms with Gasteiger partial charge in [-0.05, 0) is 36.8 Å². The molecule has 0 spiro atoms. The minimum Gasteiger partial charge on any atom is -0.494 e. The van der Waals surface area contributed by atoms with Gasteiger partial charge in [0.2, 0.25) is 5.91 Å². The molecule has 29 heavy (non-hydrogen) atoms. The summed E-state index contributed by atoms with van der Waals surface area (Å²) in [7, 11) is 0. The quantitative estimate of drug-likeness (QED) is 0.246. The zero-order valence-electron chi connectivity index (χ0n) is 15.6. The number of nitro benzene ring substituents is 1. The number of amides is 1. The first kappa shape index (κ1) is 20.3. The smallest absolute Gasteiger partial charge is 0.269 e. The van der Waals surface area contributed by atoms with Gasteiger partial charge >= 0.3 is 0 Å². The lowest BCUT2D eigenvalue weighted by Crippen LogP contribution is -2.06. The van der Waals surface area contributed by atoms with Crippen molar-refractivity contribution in [3.8, 4) is 11.4 Å². The second kappa shape index (κ2) is 9.69. The van der Waals surface area contributed by atoms with Gasteiger partial charge in [0.25, 0.3) is 5.69 Å². The second-order valence-corrected chi connectivity index (χ2v) is 7.08. The molecule has 0 aliphatic heterocycles. The van der Waals surface area contributed by atoms with Gasteiger partial charge in [-0.3, -0.25) is 19.5 Å². The summed E-state index contributed by atoms with van der Waals surface area (Å²) in [5.74, 6) is 1.23. The van der Waals surface area contributed by atoms with Crippen molar-refractivity contribution in [1.29, 1.82) is 0 Å². The molecule has 150 valence electrons. The first-order valence-corrected chi connectivity index (χ1v) is 9.79. The summed E-state index contributed by atoms with van der Waals surface area (Å²) in [6.45, 7) is 1.95. The fourth-order valence-electron chi connectivity index (χ4n) is 2.51. The fourth-order valence-corrected chi connectivity index (χ4v) is 3.35. The number of nitro groups is 1. The standard InChI is InChI=1S/C19H19N5O4S/c1-14(25)21-15-4-2-5-17(12-15)23-13-20-22-19(23)29-11-3-10-28-18-8-6-16(7-9-18)24(26)27/h2,4-9,12-13H,3,10-11H2,1H3,(H,21,25). The van der Waals surface area contributed by atoms with Crippen LogP contribution in [0.25, 0.3) is 5.69 Å². The number of aromatic nitrogens is 3. The lowest BCUT2D eigenvalue weighted by atomic mass is 10.2. The van der Waals surface area contributed by atoms with Crippen molar-refractivity contribution < 1.29 is 14.5 Å². The van der Waals surface area contributed by atoms with E-state index in [2.05, 4.69) is 15.5 Å². The molecule has 0 saturated carbocycles. The van der Waals surface area contributed by atoms with E-state index in [1.165, 1.54) is 19.1 Å². The Hall–Kier alpha value is -3.40. The largest absolute Gasteiger partial charge is 0.494 e. The minimum absolute atomic E-state index is 0.0369. The van der Waals surface area contributed by atoms with Crippen LogP contribution >= 0.6 is 11.8 Å². The summed E-state index contributed by atoms with van der Waals surface area (Å²) in [5.41, 5.74) is 1.59. The van der Waals surface area contributed by atoms with Crippen molar-refractivity contribution in [3.63, 3.8) is 0 Å². The zero-order chi connectivity index (χ0) is 20.6. The molecular weight excluding hydrogens is 394 g/mol. The minimum atomic E-state index is -0.442. The average Bonchev–Trinajstić information content (AvgIpc) is 3.16. The van der Waals surface area contributed by atoms with E-state index in [0.717, 1.165) is 23.0 Å². The molecule has 0 radical (unpaired) electrons. The first-order valence-electron chi connectivity index (χ1n) is 8.81. The zero-order valence-corrected chi connectivity index (χ0v) is 16.5. The topological polar surface area (TPSA) is 112 Å². The Bertz CT molecular complexity index is 990. The molecule has 1 aromatic heterocycles. The van der Waals surface area contributed by atoms with Gasteiger partial charge in [-0.1, -0.05) is 17.8 Å². The highest BCUT2D eigenvalue weighted by Gasteiger charge is 2.09. The van der Waals surface area contributed by atoms with Gasteiger partial charge in [0, 0.05) is 30.5 Å². The van der Waals surface area contributed by atoms with Crippen LogP contribution in [0.5, 0.6) is 5.75 Å². The summed E-state index contributed by atoms with van der Waals surface area (Å²) in [6.07, 6.45) is 2.39. The summed E-state index contributed by atoms with van der Waals surface area (Å²) in [6, 6.07) is 13.4. The van der Waals surface area contributed by atoms with Gasteiger partial charge in [-0.25, -0.2) is 0 Å². The monoisotopic (exact) mass is 413 g/mol. The summed E-state index contributed by atoms with van der Waals surface area (Å²) in [5, 5.41) is 22.3. The normalized spacial score (nSPS) is 10.5. The molecule has 0 aliphatic rings. The summed E-state index contributed by atoms with van der Waals surface area (Å²) >= 11 is 1.54. The Kier molecular flexibility index (Phi) is 6.80. The Morgan fingerprint density at radius 1 is 1.28 bits per heavy atom. The number of benzene rings is 2. The summed E-state index contributed by atoms with van der Waals surface area (Å²) in [4.78, 5) is 21.4. The molecule has 2 aromatic carbocycles. The van der Waals surface area contributed by atoms with Crippen LogP contribution in [0.2, 0.25) is 0 Å². The molecule has 1 N–H and O–H groups in total. The molecule has 0 fully saturated rings. The van der Waals surface area contributed by atoms with E-state index in [4.69, 9.17) is 4.74 Å². The van der Waals surface area contributed by atoms with Crippen LogP contribution in [0, 0.1) is 10.1 Å². The van der Waals surface area contributed by atoms with Gasteiger partial charge in [0.05, 0.1) is 17.2 Å². The van der Waals surface area contributed by atoms with Crippen LogP contribution in [-0.2, 0) is 4.79 Å². The molecule has 0 atom stereocenters. The third kappa shape index (κ3) is 5.79. The van der Waals surface area contributed by atoms with Crippen LogP contribution in [0.3, 0.4) is 0 Å². The molecule has 0 saturated heterocycles. The molecule has 3 rings (SSSR count). The molecular formula is C19H19N5O4S. The lowest BCUT2D eigenvalue weighted by molar-refractivity contribution is -0.384. The first-order chi connectivity index (χ1) is 14.0. The number of carbonyl (C=O) groups is 1. The molecule has 0 unspecified atom stereocenters. The van der Waals surface area contributed by atoms with E-state index in [-0.39, 0.29) is 11.6 Å². The van der Waals surface area contributed by atoms with Gasteiger partial charge < -0.3 is 10.1 Å². The van der Waals surface area contributed by atoms with Crippen molar-refractivity contribution >= 4 is 29.0 Å². The SMILES string of the molecule is CC(=O)Nc1cccc(-n2cnnc2SCCCOc2ccc([N+](=O)[O-])cc2)c1. The predicted molar refractivity (Wildman–Crippen MR) is 110 cm³/mol. The second-order valence-electron chi connectivity index (χ2n) is 6.02. The van der Waals surface area contributed by atoms with E-state index in [1.54, 1.807) is 30.2 Å². The van der Waals surface area contributed by atoms with Gasteiger partial charge in [-0.15, -0.1) is 10.2 Å². The number of thioether (sulfide) groups is 1. The predicted octanol–water partition coefficient (Wildman–Crippen LogP) is 3.70. The molecule has 1 amide bonds. The Labute approximate surface area is 171 Å². The average molecular weight is 413 g/mol. The maximum absolute atomic E-state index is 11.2. The third-order valence-corrected chi connectivity index (χ3v) is 4.83. The number of nitrogens with zero attached hydrogens (tertiary/aromatic N) is 4. The van der Waals surface area contributed by atoms with Crippen LogP contribution in [0.4, 0.5) is 11.4 Å². The molecule has 0 aliphatic carbocycles. The highest BCUT2D eigenvalue weighted by molar-refractivity contribution is 7.99. The molecule has 3 aromatic rings. The number of hydrogen-bond donors (Lipinski definition) is 1. The van der Waals surface area contributed by atoms with Crippen LogP contribution < -0.4 is 10.1 Å². The number of carbonyl (C=O) groups excluding carboxylic acids is 1. The van der Waals surface area contributed by atoms with E-state index in [0.29, 0.717) is 18.0 Å². The van der Waals surface area contributed by atoms with Gasteiger partial charge in [-0.2, -0.15) is 0 Å². The molecule has 9 nitrogen and oxygen atoms in total. The van der Waals surface area contributed by atoms with Crippen molar-refractivity contribution in [1.82, 2.24) is 14.8 Å². The van der Waals surface area contributed by atoms with Crippen molar-refractivity contribution in [2.45, 2.75) is 18.5 Å². The molecule has 10 heteroatoms. The highest BCUT2D eigenvalue weighted by atomic mass is 32.2. The van der Waals surface area contributed by atoms with Crippen LogP contribution in [0.1, 0.15) is 13.3 Å². The maximum Gasteiger partial charge on any atom is 0.269 e. The van der Waals surface area contributed by atoms with Gasteiger partial charge in [0.15, 0.2) is 5.16 Å². The lowest BCUT2D eigenvalue weighted by Gasteiger charge is -2.09. The molecule has 0 bridgehead atoms. The number of ether oxygens (including phenoxy) is 1. The van der Waals surface area contributed by atoms with Crippen LogP contribution in [-0.4, -0.2) is 38.0 Å². The van der Waals surface area contributed by atoms with E-state index >= 15 is 0 Å². The third-order valence-electron chi connectivity index (χ3n) is 3.80. The fraction of sp³-hybridized carbons (Fsp3) is 0.211. The number of non-ortho nitro benzene ring substituents is 1. The summed E-state index contributed by atoms with van der Waals surface area (Å²) < 4.78 is 7.46. The molecule has 1 heterocycles. The Balaban J connectivity index is 1.50. The van der Waals surface area contributed by atoms with E-state index in [9.17, 15) is 14.9 Å². The Morgan fingerprint density at radius 2 is 2.07 bits per heavy atom. The highest BCUT2D eigenvalue weighted by Crippen LogP contribution is 2.23.